The lowest BCUT2D eigenvalue weighted by molar-refractivity contribution is 0.0189. The summed E-state index contributed by atoms with van der Waals surface area (Å²) in [4.78, 5) is 18.2. The summed E-state index contributed by atoms with van der Waals surface area (Å²) in [6.45, 7) is 6.61. The van der Waals surface area contributed by atoms with E-state index >= 15 is 0 Å². The Morgan fingerprint density at radius 2 is 2.12 bits per heavy atom. The number of halogens is 1. The Kier molecular flexibility index (Phi) is 4.74. The molecule has 1 fully saturated rings. The van der Waals surface area contributed by atoms with Crippen molar-refractivity contribution in [1.29, 1.82) is 0 Å². The monoisotopic (exact) mass is 347 g/mol. The molecule has 1 aliphatic heterocycles. The van der Waals surface area contributed by atoms with Crippen LogP contribution in [0.1, 0.15) is 45.4 Å². The highest BCUT2D eigenvalue weighted by Crippen LogP contribution is 2.29. The summed E-state index contributed by atoms with van der Waals surface area (Å²) in [5, 5.41) is 3.89. The third-order valence-electron chi connectivity index (χ3n) is 3.98. The molecule has 3 rings (SSSR count). The average molecular weight is 347 g/mol. The molecule has 0 radical (unpaired) electrons. The van der Waals surface area contributed by atoms with E-state index < -0.39 is 11.4 Å². The fourth-order valence-corrected chi connectivity index (χ4v) is 2.82. The quantitative estimate of drug-likeness (QED) is 0.821. The second kappa shape index (κ2) is 6.82. The summed E-state index contributed by atoms with van der Waals surface area (Å²) in [5.41, 5.74) is -0.232. The van der Waals surface area contributed by atoms with Crippen LogP contribution in [0.25, 0.3) is 11.4 Å². The van der Waals surface area contributed by atoms with Gasteiger partial charge in [0.1, 0.15) is 11.4 Å². The molecule has 0 bridgehead atoms. The van der Waals surface area contributed by atoms with Crippen LogP contribution in [0.15, 0.2) is 28.8 Å². The number of nitrogens with zero attached hydrogens (tertiary/aromatic N) is 3. The van der Waals surface area contributed by atoms with Crippen LogP contribution in [-0.4, -0.2) is 39.8 Å². The third kappa shape index (κ3) is 4.15. The maximum absolute atomic E-state index is 13.9. The molecule has 1 aromatic carbocycles. The van der Waals surface area contributed by atoms with Gasteiger partial charge >= 0.3 is 6.09 Å². The SMILES string of the molecule is CC(C)(C)OC(=O)N1CCCC(c2nc(-c3ccccc3F)no2)C1. The van der Waals surface area contributed by atoms with Crippen LogP contribution in [-0.2, 0) is 4.74 Å². The molecule has 7 heteroatoms. The average Bonchev–Trinajstić information content (AvgIpc) is 3.03. The van der Waals surface area contributed by atoms with Crippen LogP contribution < -0.4 is 0 Å². The summed E-state index contributed by atoms with van der Waals surface area (Å²) in [6, 6.07) is 6.30. The van der Waals surface area contributed by atoms with Gasteiger partial charge in [-0.1, -0.05) is 17.3 Å². The molecule has 1 aromatic heterocycles. The van der Waals surface area contributed by atoms with Crippen molar-refractivity contribution in [2.45, 2.75) is 45.1 Å². The lowest BCUT2D eigenvalue weighted by Crippen LogP contribution is -2.42. The van der Waals surface area contributed by atoms with Crippen molar-refractivity contribution in [2.75, 3.05) is 13.1 Å². The Morgan fingerprint density at radius 3 is 2.84 bits per heavy atom. The number of piperidine rings is 1. The molecule has 1 atom stereocenters. The number of amides is 1. The van der Waals surface area contributed by atoms with Gasteiger partial charge < -0.3 is 14.2 Å². The molecule has 0 aliphatic carbocycles. The normalized spacial score (nSPS) is 18.2. The smallest absolute Gasteiger partial charge is 0.410 e. The largest absolute Gasteiger partial charge is 0.444 e. The molecule has 2 heterocycles. The van der Waals surface area contributed by atoms with Crippen molar-refractivity contribution in [2.24, 2.45) is 0 Å². The van der Waals surface area contributed by atoms with Crippen LogP contribution in [0.2, 0.25) is 0 Å². The molecule has 134 valence electrons. The number of carbonyl (C=O) groups excluding carboxylic acids is 1. The molecule has 1 unspecified atom stereocenters. The van der Waals surface area contributed by atoms with Gasteiger partial charge in [-0.15, -0.1) is 0 Å². The standard InChI is InChI=1S/C18H22FN3O3/c1-18(2,3)24-17(23)22-10-6-7-12(11-22)16-20-15(21-25-16)13-8-4-5-9-14(13)19/h4-5,8-9,12H,6-7,10-11H2,1-3H3. The first kappa shape index (κ1) is 17.4. The molecule has 2 aromatic rings. The molecule has 0 spiro atoms. The van der Waals surface area contributed by atoms with E-state index in [1.165, 1.54) is 6.07 Å². The van der Waals surface area contributed by atoms with Gasteiger partial charge in [0, 0.05) is 13.1 Å². The highest BCUT2D eigenvalue weighted by molar-refractivity contribution is 5.68. The molecule has 1 saturated heterocycles. The zero-order chi connectivity index (χ0) is 18.0. The first-order valence-corrected chi connectivity index (χ1v) is 8.40. The van der Waals surface area contributed by atoms with Crippen molar-refractivity contribution in [3.8, 4) is 11.4 Å². The van der Waals surface area contributed by atoms with Gasteiger partial charge in [-0.25, -0.2) is 9.18 Å². The van der Waals surface area contributed by atoms with E-state index in [0.29, 0.717) is 24.5 Å². The third-order valence-corrected chi connectivity index (χ3v) is 3.98. The fraction of sp³-hybridized carbons (Fsp3) is 0.500. The molecule has 6 nitrogen and oxygen atoms in total. The van der Waals surface area contributed by atoms with Crippen molar-refractivity contribution in [3.63, 3.8) is 0 Å². The lowest BCUT2D eigenvalue weighted by atomic mass is 9.98. The zero-order valence-electron chi connectivity index (χ0n) is 14.7. The van der Waals surface area contributed by atoms with E-state index in [9.17, 15) is 9.18 Å². The van der Waals surface area contributed by atoms with Crippen molar-refractivity contribution >= 4 is 6.09 Å². The number of likely N-dealkylation sites (tertiary alicyclic amines) is 1. The number of hydrogen-bond acceptors (Lipinski definition) is 5. The maximum atomic E-state index is 13.9. The minimum atomic E-state index is -0.535. The molecular weight excluding hydrogens is 325 g/mol. The number of aromatic nitrogens is 2. The number of ether oxygens (including phenoxy) is 1. The Balaban J connectivity index is 1.72. The fourth-order valence-electron chi connectivity index (χ4n) is 2.82. The van der Waals surface area contributed by atoms with Crippen LogP contribution in [0.5, 0.6) is 0 Å². The summed E-state index contributed by atoms with van der Waals surface area (Å²) >= 11 is 0. The summed E-state index contributed by atoms with van der Waals surface area (Å²) in [7, 11) is 0. The number of carbonyl (C=O) groups is 1. The number of rotatable bonds is 2. The van der Waals surface area contributed by atoms with Gasteiger partial charge in [0.15, 0.2) is 0 Å². The van der Waals surface area contributed by atoms with E-state index in [-0.39, 0.29) is 17.8 Å². The van der Waals surface area contributed by atoms with Gasteiger partial charge in [0.2, 0.25) is 11.7 Å². The van der Waals surface area contributed by atoms with E-state index in [2.05, 4.69) is 10.1 Å². The van der Waals surface area contributed by atoms with E-state index in [0.717, 1.165) is 12.8 Å². The van der Waals surface area contributed by atoms with E-state index in [4.69, 9.17) is 9.26 Å². The van der Waals surface area contributed by atoms with Gasteiger partial charge in [-0.3, -0.25) is 0 Å². The van der Waals surface area contributed by atoms with Crippen molar-refractivity contribution in [1.82, 2.24) is 15.0 Å². The molecule has 1 amide bonds. The second-order valence-corrected chi connectivity index (χ2v) is 7.20. The summed E-state index contributed by atoms with van der Waals surface area (Å²) in [5.74, 6) is 0.178. The molecule has 0 saturated carbocycles. The Bertz CT molecular complexity index is 754. The summed E-state index contributed by atoms with van der Waals surface area (Å²) < 4.78 is 24.6. The van der Waals surface area contributed by atoms with Gasteiger partial charge in [-0.2, -0.15) is 4.98 Å². The molecule has 25 heavy (non-hydrogen) atoms. The predicted octanol–water partition coefficient (Wildman–Crippen LogP) is 3.99. The van der Waals surface area contributed by atoms with Crippen molar-refractivity contribution in [3.05, 3.63) is 36.0 Å². The maximum Gasteiger partial charge on any atom is 0.410 e. The number of hydrogen-bond donors (Lipinski definition) is 0. The highest BCUT2D eigenvalue weighted by atomic mass is 19.1. The zero-order valence-corrected chi connectivity index (χ0v) is 14.7. The second-order valence-electron chi connectivity index (χ2n) is 7.20. The first-order chi connectivity index (χ1) is 11.8. The van der Waals surface area contributed by atoms with E-state index in [1.807, 2.05) is 20.8 Å². The topological polar surface area (TPSA) is 68.5 Å². The minimum absolute atomic E-state index is 0.0747. The van der Waals surface area contributed by atoms with Crippen LogP contribution in [0, 0.1) is 5.82 Å². The Morgan fingerprint density at radius 1 is 1.36 bits per heavy atom. The minimum Gasteiger partial charge on any atom is -0.444 e. The summed E-state index contributed by atoms with van der Waals surface area (Å²) in [6.07, 6.45) is 1.31. The predicted molar refractivity (Wildman–Crippen MR) is 89.5 cm³/mol. The first-order valence-electron chi connectivity index (χ1n) is 8.40. The Labute approximate surface area is 146 Å². The van der Waals surface area contributed by atoms with Crippen LogP contribution >= 0.6 is 0 Å². The van der Waals surface area contributed by atoms with E-state index in [1.54, 1.807) is 23.1 Å². The van der Waals surface area contributed by atoms with Crippen LogP contribution in [0.3, 0.4) is 0 Å². The van der Waals surface area contributed by atoms with Gasteiger partial charge in [-0.05, 0) is 45.7 Å². The van der Waals surface area contributed by atoms with Crippen LogP contribution in [0.4, 0.5) is 9.18 Å². The molecular formula is C18H22FN3O3. The highest BCUT2D eigenvalue weighted by Gasteiger charge is 2.31. The Hall–Kier alpha value is -2.44. The molecule has 0 N–H and O–H groups in total. The number of benzene rings is 1. The van der Waals surface area contributed by atoms with Crippen molar-refractivity contribution < 1.29 is 18.4 Å². The van der Waals surface area contributed by atoms with Gasteiger partial charge in [0.05, 0.1) is 11.5 Å². The lowest BCUT2D eigenvalue weighted by Gasteiger charge is -2.32. The molecule has 1 aliphatic rings. The van der Waals surface area contributed by atoms with Gasteiger partial charge in [0.25, 0.3) is 0 Å².